The molecule has 0 aliphatic heterocycles. The Bertz CT molecular complexity index is 1840. The lowest BCUT2D eigenvalue weighted by atomic mass is 9.85. The van der Waals surface area contributed by atoms with Crippen LogP contribution in [0.15, 0.2) is 66.7 Å². The predicted molar refractivity (Wildman–Crippen MR) is 175 cm³/mol. The molecule has 4 N–H and O–H groups in total. The maximum Gasteiger partial charge on any atom is 0.255 e. The largest absolute Gasteiger partial charge is 0.366 e. The van der Waals surface area contributed by atoms with Crippen molar-refractivity contribution in [1.29, 1.82) is 5.26 Å². The molecule has 1 unspecified atom stereocenters. The molecule has 0 saturated heterocycles. The summed E-state index contributed by atoms with van der Waals surface area (Å²) in [7, 11) is 0. The molecule has 224 valence electrons. The first-order chi connectivity index (χ1) is 21.0. The summed E-state index contributed by atoms with van der Waals surface area (Å²) < 4.78 is 0. The smallest absolute Gasteiger partial charge is 0.255 e. The van der Waals surface area contributed by atoms with Gasteiger partial charge in [-0.3, -0.25) is 9.59 Å². The van der Waals surface area contributed by atoms with Gasteiger partial charge in [-0.15, -0.1) is 0 Å². The standard InChI is InChI=1S/C37H38N4O3/c1-22(42)8-9-24-10-12-25(13-11-24)33-20-31-29(18-19-30(35(39)43)34(31)40-33)28-6-5-7-32(23(28)2)41-36(44)26-14-16-27(17-15-26)37(3,4)21-38/h5-7,12,14-20,24,40H,8-11,13H2,1-4H3,(H2,39,43)(H,41,44). The number of carbonyl (C=O) groups is 3. The number of rotatable bonds is 9. The van der Waals surface area contributed by atoms with Gasteiger partial charge in [-0.05, 0) is 117 Å². The molecule has 1 heterocycles. The fourth-order valence-electron chi connectivity index (χ4n) is 6.00. The van der Waals surface area contributed by atoms with E-state index >= 15 is 0 Å². The van der Waals surface area contributed by atoms with Crippen molar-refractivity contribution in [2.24, 2.45) is 11.7 Å². The molecule has 4 aromatic rings. The fourth-order valence-corrected chi connectivity index (χ4v) is 6.00. The summed E-state index contributed by atoms with van der Waals surface area (Å²) in [5.74, 6) is -0.00308. The molecule has 5 rings (SSSR count). The lowest BCUT2D eigenvalue weighted by Gasteiger charge is -2.21. The zero-order valence-electron chi connectivity index (χ0n) is 25.7. The van der Waals surface area contributed by atoms with Crippen LogP contribution < -0.4 is 11.1 Å². The molecule has 0 saturated carbocycles. The van der Waals surface area contributed by atoms with Crippen molar-refractivity contribution in [2.75, 3.05) is 5.32 Å². The van der Waals surface area contributed by atoms with Gasteiger partial charge < -0.3 is 20.8 Å². The molecule has 1 aliphatic carbocycles. The van der Waals surface area contributed by atoms with Crippen LogP contribution in [0, 0.1) is 24.2 Å². The van der Waals surface area contributed by atoms with E-state index in [0.29, 0.717) is 34.7 Å². The number of primary amides is 1. The highest BCUT2D eigenvalue weighted by molar-refractivity contribution is 6.11. The van der Waals surface area contributed by atoms with Gasteiger partial charge in [0.1, 0.15) is 5.78 Å². The Morgan fingerprint density at radius 3 is 2.45 bits per heavy atom. The number of nitrogens with zero attached hydrogens (tertiary/aromatic N) is 1. The van der Waals surface area contributed by atoms with Crippen LogP contribution in [0.25, 0.3) is 27.6 Å². The monoisotopic (exact) mass is 586 g/mol. The van der Waals surface area contributed by atoms with Gasteiger partial charge in [-0.25, -0.2) is 0 Å². The highest BCUT2D eigenvalue weighted by Gasteiger charge is 2.22. The summed E-state index contributed by atoms with van der Waals surface area (Å²) in [4.78, 5) is 40.5. The van der Waals surface area contributed by atoms with Crippen LogP contribution in [0.2, 0.25) is 0 Å². The second kappa shape index (κ2) is 12.3. The number of nitriles is 1. The average Bonchev–Trinajstić information content (AvgIpc) is 3.46. The quantitative estimate of drug-likeness (QED) is 0.184. The molecule has 7 heteroatoms. The fraction of sp³-hybridized carbons (Fsp3) is 0.297. The molecule has 0 bridgehead atoms. The minimum absolute atomic E-state index is 0.232. The van der Waals surface area contributed by atoms with Crippen molar-refractivity contribution in [2.45, 2.75) is 65.2 Å². The van der Waals surface area contributed by atoms with Crippen LogP contribution >= 0.6 is 0 Å². The van der Waals surface area contributed by atoms with Crippen LogP contribution in [0.1, 0.15) is 90.4 Å². The number of benzene rings is 3. The molecule has 0 fully saturated rings. The Kier molecular flexibility index (Phi) is 8.55. The van der Waals surface area contributed by atoms with Crippen molar-refractivity contribution >= 4 is 39.8 Å². The number of nitrogens with one attached hydrogen (secondary N) is 2. The minimum atomic E-state index is -0.639. The van der Waals surface area contributed by atoms with Gasteiger partial charge in [0, 0.05) is 28.8 Å². The van der Waals surface area contributed by atoms with Crippen LogP contribution in [-0.4, -0.2) is 22.6 Å². The van der Waals surface area contributed by atoms with Crippen molar-refractivity contribution in [1.82, 2.24) is 4.98 Å². The van der Waals surface area contributed by atoms with E-state index in [4.69, 9.17) is 5.73 Å². The minimum Gasteiger partial charge on any atom is -0.366 e. The van der Waals surface area contributed by atoms with Crippen LogP contribution in [0.4, 0.5) is 5.69 Å². The number of H-pyrrole nitrogens is 1. The van der Waals surface area contributed by atoms with Crippen molar-refractivity contribution < 1.29 is 14.4 Å². The molecule has 1 aromatic heterocycles. The molecular weight excluding hydrogens is 548 g/mol. The topological polar surface area (TPSA) is 129 Å². The summed E-state index contributed by atoms with van der Waals surface area (Å²) in [6.45, 7) is 7.30. The summed E-state index contributed by atoms with van der Waals surface area (Å²) in [5.41, 5.74) is 13.2. The summed E-state index contributed by atoms with van der Waals surface area (Å²) in [6.07, 6.45) is 6.62. The van der Waals surface area contributed by atoms with E-state index in [1.807, 2.05) is 57.2 Å². The Morgan fingerprint density at radius 1 is 1.07 bits per heavy atom. The van der Waals surface area contributed by atoms with Gasteiger partial charge in [0.15, 0.2) is 0 Å². The average molecular weight is 587 g/mol. The first-order valence-electron chi connectivity index (χ1n) is 15.1. The Morgan fingerprint density at radius 2 is 1.82 bits per heavy atom. The van der Waals surface area contributed by atoms with Crippen molar-refractivity contribution in [3.05, 3.63) is 94.7 Å². The molecule has 7 nitrogen and oxygen atoms in total. The van der Waals surface area contributed by atoms with Gasteiger partial charge in [0.05, 0.1) is 22.6 Å². The number of anilines is 1. The van der Waals surface area contributed by atoms with Gasteiger partial charge in [0.2, 0.25) is 0 Å². The Balaban J connectivity index is 1.46. The van der Waals surface area contributed by atoms with Gasteiger partial charge in [0.25, 0.3) is 11.8 Å². The Hall–Kier alpha value is -4.96. The van der Waals surface area contributed by atoms with E-state index in [0.717, 1.165) is 59.0 Å². The van der Waals surface area contributed by atoms with E-state index in [-0.39, 0.29) is 11.7 Å². The van der Waals surface area contributed by atoms with Crippen molar-refractivity contribution in [3.8, 4) is 17.2 Å². The van der Waals surface area contributed by atoms with Gasteiger partial charge in [-0.1, -0.05) is 36.4 Å². The number of Topliss-reactive ketones (excluding diaryl/α,β-unsaturated/α-hetero) is 1. The summed E-state index contributed by atoms with van der Waals surface area (Å²) in [6, 6.07) is 20.9. The Labute approximate surface area is 258 Å². The zero-order valence-corrected chi connectivity index (χ0v) is 25.7. The second-order valence-corrected chi connectivity index (χ2v) is 12.4. The molecule has 0 radical (unpaired) electrons. The predicted octanol–water partition coefficient (Wildman–Crippen LogP) is 7.85. The van der Waals surface area contributed by atoms with Crippen molar-refractivity contribution in [3.63, 3.8) is 0 Å². The first-order valence-corrected chi connectivity index (χ1v) is 15.1. The molecule has 2 amide bonds. The number of hydrogen-bond donors (Lipinski definition) is 3. The van der Waals surface area contributed by atoms with Gasteiger partial charge >= 0.3 is 0 Å². The third kappa shape index (κ3) is 6.21. The molecule has 0 spiro atoms. The maximum absolute atomic E-state index is 13.2. The molecule has 44 heavy (non-hydrogen) atoms. The number of aromatic nitrogens is 1. The van der Waals surface area contributed by atoms with Gasteiger partial charge in [-0.2, -0.15) is 5.26 Å². The number of hydrogen-bond acceptors (Lipinski definition) is 4. The number of amides is 2. The molecular formula is C37H38N4O3. The van der Waals surface area contributed by atoms with E-state index < -0.39 is 11.3 Å². The normalized spacial score (nSPS) is 15.0. The SMILES string of the molecule is CC(=O)CCC1CC=C(c2cc3c(-c4cccc(NC(=O)c5ccc(C(C)(C)C#N)cc5)c4C)ccc(C(N)=O)c3[nH]2)CC1. The van der Waals surface area contributed by atoms with Crippen LogP contribution in [0.5, 0.6) is 0 Å². The number of aromatic amines is 1. The summed E-state index contributed by atoms with van der Waals surface area (Å²) in [5, 5.41) is 13.4. The lowest BCUT2D eigenvalue weighted by Crippen LogP contribution is -2.16. The van der Waals surface area contributed by atoms with E-state index in [2.05, 4.69) is 28.5 Å². The highest BCUT2D eigenvalue weighted by Crippen LogP contribution is 2.39. The molecule has 1 aliphatic rings. The summed E-state index contributed by atoms with van der Waals surface area (Å²) >= 11 is 0. The lowest BCUT2D eigenvalue weighted by molar-refractivity contribution is -0.117. The van der Waals surface area contributed by atoms with Crippen LogP contribution in [0.3, 0.4) is 0 Å². The highest BCUT2D eigenvalue weighted by atomic mass is 16.2. The number of nitrogens with two attached hydrogens (primary N) is 1. The second-order valence-electron chi connectivity index (χ2n) is 12.4. The number of allylic oxidation sites excluding steroid dienone is 2. The third-order valence-electron chi connectivity index (χ3n) is 8.85. The van der Waals surface area contributed by atoms with E-state index in [9.17, 15) is 19.6 Å². The maximum atomic E-state index is 13.2. The molecule has 1 atom stereocenters. The third-order valence-corrected chi connectivity index (χ3v) is 8.85. The number of ketones is 1. The first kappa shape index (κ1) is 30.5. The van der Waals surface area contributed by atoms with E-state index in [1.54, 1.807) is 25.1 Å². The molecule has 3 aromatic carbocycles. The van der Waals surface area contributed by atoms with E-state index in [1.165, 1.54) is 5.57 Å². The number of fused-ring (bicyclic) bond motifs is 1. The number of carbonyl (C=O) groups excluding carboxylic acids is 3. The zero-order chi connectivity index (χ0) is 31.6. The van der Waals surface area contributed by atoms with Crippen LogP contribution in [-0.2, 0) is 10.2 Å².